The summed E-state index contributed by atoms with van der Waals surface area (Å²) in [6.07, 6.45) is 1.83. The van der Waals surface area contributed by atoms with Crippen LogP contribution in [0.5, 0.6) is 0 Å². The highest BCUT2D eigenvalue weighted by Crippen LogP contribution is 2.26. The maximum absolute atomic E-state index is 14.3. The van der Waals surface area contributed by atoms with E-state index in [0.29, 0.717) is 34.7 Å². The molecule has 7 nitrogen and oxygen atoms in total. The molecular weight excluding hydrogens is 347 g/mol. The molecule has 0 bridgehead atoms. The summed E-state index contributed by atoms with van der Waals surface area (Å²) in [6.45, 7) is 6.20. The van der Waals surface area contributed by atoms with Gasteiger partial charge in [-0.05, 0) is 40.9 Å². The SMILES string of the molecule is Cc1nc2nonc2c(N)c1Cn1ccc(-c2ccc(C(C)C)c(F)c2)n1. The number of aryl methyl sites for hydroxylation is 1. The minimum Gasteiger partial charge on any atom is -0.396 e. The molecule has 0 saturated carbocycles. The van der Waals surface area contributed by atoms with E-state index in [-0.39, 0.29) is 11.7 Å². The third kappa shape index (κ3) is 3.03. The van der Waals surface area contributed by atoms with Crippen molar-refractivity contribution in [3.8, 4) is 11.3 Å². The summed E-state index contributed by atoms with van der Waals surface area (Å²) in [4.78, 5) is 4.36. The van der Waals surface area contributed by atoms with E-state index < -0.39 is 0 Å². The van der Waals surface area contributed by atoms with Gasteiger partial charge in [0, 0.05) is 23.0 Å². The Morgan fingerprint density at radius 1 is 1.22 bits per heavy atom. The Morgan fingerprint density at radius 2 is 2.04 bits per heavy atom. The molecular formula is C19H19FN6O. The summed E-state index contributed by atoms with van der Waals surface area (Å²) < 4.78 is 20.7. The Hall–Kier alpha value is -3.29. The first-order valence-electron chi connectivity index (χ1n) is 8.64. The molecule has 138 valence electrons. The lowest BCUT2D eigenvalue weighted by Crippen LogP contribution is -2.08. The summed E-state index contributed by atoms with van der Waals surface area (Å²) in [6, 6.07) is 7.07. The van der Waals surface area contributed by atoms with Crippen LogP contribution in [0.3, 0.4) is 0 Å². The molecule has 1 aromatic carbocycles. The second-order valence-corrected chi connectivity index (χ2v) is 6.82. The quantitative estimate of drug-likeness (QED) is 0.592. The van der Waals surface area contributed by atoms with Crippen molar-refractivity contribution in [2.75, 3.05) is 5.73 Å². The lowest BCUT2D eigenvalue weighted by atomic mass is 10.00. The van der Waals surface area contributed by atoms with E-state index in [4.69, 9.17) is 10.4 Å². The molecule has 0 aliphatic heterocycles. The largest absolute Gasteiger partial charge is 0.396 e. The molecule has 0 atom stereocenters. The van der Waals surface area contributed by atoms with Crippen LogP contribution in [0.4, 0.5) is 10.1 Å². The number of hydrogen-bond donors (Lipinski definition) is 1. The highest BCUT2D eigenvalue weighted by atomic mass is 19.1. The van der Waals surface area contributed by atoms with E-state index in [9.17, 15) is 4.39 Å². The topological polar surface area (TPSA) is 95.6 Å². The van der Waals surface area contributed by atoms with Crippen LogP contribution in [0.2, 0.25) is 0 Å². The molecule has 0 radical (unpaired) electrons. The normalized spacial score (nSPS) is 11.6. The van der Waals surface area contributed by atoms with Gasteiger partial charge in [-0.2, -0.15) is 5.10 Å². The maximum atomic E-state index is 14.3. The number of nitrogens with zero attached hydrogens (tertiary/aromatic N) is 5. The average Bonchev–Trinajstić information content (AvgIpc) is 3.27. The number of pyridine rings is 1. The molecule has 0 unspecified atom stereocenters. The first kappa shape index (κ1) is 17.1. The standard InChI is InChI=1S/C19H19FN6O/c1-10(2)13-5-4-12(8-15(13)20)16-6-7-26(23-16)9-14-11(3)22-19-18(17(14)21)24-27-25-19/h4-8,10H,9,21H2,1-3H3. The number of fused-ring (bicyclic) bond motifs is 1. The van der Waals surface area contributed by atoms with Crippen LogP contribution in [0.15, 0.2) is 35.1 Å². The molecule has 0 saturated heterocycles. The van der Waals surface area contributed by atoms with Crippen molar-refractivity contribution >= 4 is 16.9 Å². The van der Waals surface area contributed by atoms with Crippen LogP contribution < -0.4 is 5.73 Å². The van der Waals surface area contributed by atoms with Crippen molar-refractivity contribution in [2.24, 2.45) is 0 Å². The van der Waals surface area contributed by atoms with Crippen molar-refractivity contribution < 1.29 is 9.02 Å². The van der Waals surface area contributed by atoms with E-state index in [0.717, 1.165) is 16.8 Å². The van der Waals surface area contributed by atoms with Crippen LogP contribution in [-0.4, -0.2) is 25.1 Å². The Morgan fingerprint density at radius 3 is 2.78 bits per heavy atom. The number of hydrogen-bond acceptors (Lipinski definition) is 6. The van der Waals surface area contributed by atoms with Gasteiger partial charge in [-0.15, -0.1) is 0 Å². The Labute approximate surface area is 155 Å². The van der Waals surface area contributed by atoms with Crippen molar-refractivity contribution in [3.63, 3.8) is 0 Å². The summed E-state index contributed by atoms with van der Waals surface area (Å²) in [5, 5.41) is 12.1. The number of halogens is 1. The number of rotatable bonds is 4. The molecule has 0 aliphatic rings. The molecule has 4 rings (SSSR count). The van der Waals surface area contributed by atoms with Gasteiger partial charge in [-0.1, -0.05) is 26.0 Å². The second-order valence-electron chi connectivity index (χ2n) is 6.82. The Kier molecular flexibility index (Phi) is 4.10. The fraction of sp³-hybridized carbons (Fsp3) is 0.263. The van der Waals surface area contributed by atoms with Crippen LogP contribution in [0.25, 0.3) is 22.4 Å². The molecule has 4 aromatic rings. The number of benzene rings is 1. The number of anilines is 1. The summed E-state index contributed by atoms with van der Waals surface area (Å²) in [7, 11) is 0. The predicted octanol–water partition coefficient (Wildman–Crippen LogP) is 3.68. The van der Waals surface area contributed by atoms with Crippen LogP contribution in [0.1, 0.15) is 36.6 Å². The van der Waals surface area contributed by atoms with Crippen molar-refractivity contribution in [3.05, 3.63) is 53.1 Å². The van der Waals surface area contributed by atoms with Gasteiger partial charge in [-0.3, -0.25) is 4.68 Å². The predicted molar refractivity (Wildman–Crippen MR) is 99.6 cm³/mol. The van der Waals surface area contributed by atoms with Gasteiger partial charge in [0.1, 0.15) is 5.82 Å². The molecule has 27 heavy (non-hydrogen) atoms. The molecule has 8 heteroatoms. The third-order valence-corrected chi connectivity index (χ3v) is 4.64. The number of nitrogens with two attached hydrogens (primary N) is 1. The van der Waals surface area contributed by atoms with Gasteiger partial charge in [-0.25, -0.2) is 14.0 Å². The minimum atomic E-state index is -0.217. The fourth-order valence-corrected chi connectivity index (χ4v) is 3.11. The molecule has 2 N–H and O–H groups in total. The van der Waals surface area contributed by atoms with Crippen LogP contribution in [-0.2, 0) is 6.54 Å². The van der Waals surface area contributed by atoms with Crippen LogP contribution >= 0.6 is 0 Å². The Balaban J connectivity index is 1.65. The molecule has 0 spiro atoms. The molecule has 0 amide bonds. The zero-order valence-corrected chi connectivity index (χ0v) is 15.3. The summed E-state index contributed by atoms with van der Waals surface area (Å²) >= 11 is 0. The van der Waals surface area contributed by atoms with Gasteiger partial charge < -0.3 is 5.73 Å². The van der Waals surface area contributed by atoms with E-state index in [1.54, 1.807) is 4.68 Å². The van der Waals surface area contributed by atoms with E-state index in [1.807, 2.05) is 45.2 Å². The zero-order chi connectivity index (χ0) is 19.1. The van der Waals surface area contributed by atoms with Gasteiger partial charge in [0.05, 0.1) is 17.9 Å². The molecule has 3 heterocycles. The van der Waals surface area contributed by atoms with Crippen molar-refractivity contribution in [1.82, 2.24) is 25.1 Å². The van der Waals surface area contributed by atoms with E-state index in [1.165, 1.54) is 6.07 Å². The molecule has 0 fully saturated rings. The van der Waals surface area contributed by atoms with E-state index in [2.05, 4.69) is 20.4 Å². The third-order valence-electron chi connectivity index (χ3n) is 4.64. The van der Waals surface area contributed by atoms with Gasteiger partial charge in [0.25, 0.3) is 0 Å². The second kappa shape index (κ2) is 6.46. The first-order valence-corrected chi connectivity index (χ1v) is 8.64. The first-order chi connectivity index (χ1) is 12.9. The lowest BCUT2D eigenvalue weighted by molar-refractivity contribution is 0.315. The highest BCUT2D eigenvalue weighted by Gasteiger charge is 2.16. The zero-order valence-electron chi connectivity index (χ0n) is 15.3. The van der Waals surface area contributed by atoms with E-state index >= 15 is 0 Å². The fourth-order valence-electron chi connectivity index (χ4n) is 3.11. The number of aromatic nitrogens is 5. The average molecular weight is 366 g/mol. The smallest absolute Gasteiger partial charge is 0.226 e. The Bertz CT molecular complexity index is 1130. The summed E-state index contributed by atoms with van der Waals surface area (Å²) in [5.41, 5.74) is 11.2. The van der Waals surface area contributed by atoms with Crippen molar-refractivity contribution in [1.29, 1.82) is 0 Å². The minimum absolute atomic E-state index is 0.135. The molecule has 3 aromatic heterocycles. The number of nitrogen functional groups attached to an aromatic ring is 1. The lowest BCUT2D eigenvalue weighted by Gasteiger charge is -2.09. The highest BCUT2D eigenvalue weighted by molar-refractivity contribution is 5.85. The monoisotopic (exact) mass is 366 g/mol. The maximum Gasteiger partial charge on any atom is 0.226 e. The molecule has 0 aliphatic carbocycles. The van der Waals surface area contributed by atoms with Gasteiger partial charge in [0.2, 0.25) is 5.65 Å². The van der Waals surface area contributed by atoms with Gasteiger partial charge in [0.15, 0.2) is 5.52 Å². The van der Waals surface area contributed by atoms with Crippen molar-refractivity contribution in [2.45, 2.75) is 33.2 Å². The van der Waals surface area contributed by atoms with Gasteiger partial charge >= 0.3 is 0 Å². The summed E-state index contributed by atoms with van der Waals surface area (Å²) in [5.74, 6) is -0.0821. The van der Waals surface area contributed by atoms with Crippen LogP contribution in [0, 0.1) is 12.7 Å².